The van der Waals surface area contributed by atoms with Gasteiger partial charge in [-0.3, -0.25) is 9.59 Å². The lowest BCUT2D eigenvalue weighted by molar-refractivity contribution is -0.140. The van der Waals surface area contributed by atoms with Gasteiger partial charge in [0.15, 0.2) is 0 Å². The average molecular weight is 401 g/mol. The van der Waals surface area contributed by atoms with Crippen LogP contribution in [0, 0.1) is 0 Å². The van der Waals surface area contributed by atoms with Crippen molar-refractivity contribution in [1.29, 1.82) is 0 Å². The van der Waals surface area contributed by atoms with E-state index in [0.29, 0.717) is 25.3 Å². The molecule has 2 amide bonds. The number of hydrogen-bond acceptors (Lipinski definition) is 4. The second-order valence-corrected chi connectivity index (χ2v) is 7.52. The van der Waals surface area contributed by atoms with Crippen molar-refractivity contribution >= 4 is 23.6 Å². The molecule has 1 unspecified atom stereocenters. The van der Waals surface area contributed by atoms with E-state index in [4.69, 9.17) is 4.74 Å². The third-order valence-corrected chi connectivity index (χ3v) is 5.37. The average Bonchev–Trinajstić information content (AvgIpc) is 2.72. The van der Waals surface area contributed by atoms with Crippen molar-refractivity contribution in [2.75, 3.05) is 19.4 Å². The van der Waals surface area contributed by atoms with Crippen LogP contribution in [0.1, 0.15) is 25.8 Å². The van der Waals surface area contributed by atoms with Gasteiger partial charge in [0.1, 0.15) is 11.8 Å². The minimum atomic E-state index is -0.531. The van der Waals surface area contributed by atoms with Gasteiger partial charge in [-0.25, -0.2) is 0 Å². The van der Waals surface area contributed by atoms with Gasteiger partial charge in [-0.1, -0.05) is 30.3 Å². The second-order valence-electron chi connectivity index (χ2n) is 6.35. The molecule has 5 nitrogen and oxygen atoms in total. The SMILES string of the molecule is CCNC(=O)C(C)N(Cc1ccc(OC)cc1)C(=O)CCSc1ccccc1. The van der Waals surface area contributed by atoms with Crippen LogP contribution < -0.4 is 10.1 Å². The summed E-state index contributed by atoms with van der Waals surface area (Å²) in [5, 5.41) is 2.81. The summed E-state index contributed by atoms with van der Waals surface area (Å²) < 4.78 is 5.19. The first-order valence-electron chi connectivity index (χ1n) is 9.43. The van der Waals surface area contributed by atoms with Gasteiger partial charge in [0.25, 0.3) is 0 Å². The number of carbonyl (C=O) groups is 2. The van der Waals surface area contributed by atoms with Crippen LogP contribution in [-0.2, 0) is 16.1 Å². The van der Waals surface area contributed by atoms with Crippen LogP contribution in [0.2, 0.25) is 0 Å². The number of nitrogens with one attached hydrogen (secondary N) is 1. The van der Waals surface area contributed by atoms with Crippen LogP contribution in [0.25, 0.3) is 0 Å². The number of nitrogens with zero attached hydrogens (tertiary/aromatic N) is 1. The van der Waals surface area contributed by atoms with Crippen LogP contribution >= 0.6 is 11.8 Å². The Hall–Kier alpha value is -2.47. The number of hydrogen-bond donors (Lipinski definition) is 1. The maximum atomic E-state index is 12.9. The molecule has 0 aliphatic heterocycles. The Labute approximate surface area is 171 Å². The van der Waals surface area contributed by atoms with Gasteiger partial charge >= 0.3 is 0 Å². The number of carbonyl (C=O) groups excluding carboxylic acids is 2. The van der Waals surface area contributed by atoms with Gasteiger partial charge < -0.3 is 15.0 Å². The first-order valence-corrected chi connectivity index (χ1v) is 10.4. The molecule has 0 saturated carbocycles. The molecule has 0 aromatic heterocycles. The number of methoxy groups -OCH3 is 1. The van der Waals surface area contributed by atoms with Crippen molar-refractivity contribution in [3.8, 4) is 5.75 Å². The van der Waals surface area contributed by atoms with Gasteiger partial charge in [0.2, 0.25) is 11.8 Å². The fraction of sp³-hybridized carbons (Fsp3) is 0.364. The minimum absolute atomic E-state index is 0.0296. The second kappa shape index (κ2) is 11.4. The van der Waals surface area contributed by atoms with E-state index >= 15 is 0 Å². The van der Waals surface area contributed by atoms with Gasteiger partial charge in [0, 0.05) is 30.2 Å². The van der Waals surface area contributed by atoms with Crippen LogP contribution in [0.3, 0.4) is 0 Å². The van der Waals surface area contributed by atoms with Crippen LogP contribution in [0.4, 0.5) is 0 Å². The Morgan fingerprint density at radius 2 is 1.79 bits per heavy atom. The third-order valence-electron chi connectivity index (χ3n) is 4.36. The summed E-state index contributed by atoms with van der Waals surface area (Å²) in [5.74, 6) is 1.26. The monoisotopic (exact) mass is 400 g/mol. The lowest BCUT2D eigenvalue weighted by atomic mass is 10.1. The fourth-order valence-electron chi connectivity index (χ4n) is 2.75. The molecule has 2 aromatic rings. The highest BCUT2D eigenvalue weighted by Crippen LogP contribution is 2.20. The summed E-state index contributed by atoms with van der Waals surface area (Å²) in [6.45, 7) is 4.57. The molecule has 1 N–H and O–H groups in total. The van der Waals surface area contributed by atoms with E-state index in [1.165, 1.54) is 0 Å². The highest BCUT2D eigenvalue weighted by Gasteiger charge is 2.25. The molecule has 0 heterocycles. The first-order chi connectivity index (χ1) is 13.5. The van der Waals surface area contributed by atoms with E-state index in [1.54, 1.807) is 30.7 Å². The first kappa shape index (κ1) is 21.8. The van der Waals surface area contributed by atoms with Crippen molar-refractivity contribution in [2.45, 2.75) is 37.8 Å². The summed E-state index contributed by atoms with van der Waals surface area (Å²) in [7, 11) is 1.62. The number of rotatable bonds is 10. The third kappa shape index (κ3) is 6.60. The number of likely N-dealkylation sites (N-methyl/N-ethyl adjacent to an activating group) is 1. The predicted octanol–water partition coefficient (Wildman–Crippen LogP) is 3.73. The maximum absolute atomic E-state index is 12.9. The summed E-state index contributed by atoms with van der Waals surface area (Å²) in [5.41, 5.74) is 0.959. The van der Waals surface area contributed by atoms with E-state index in [-0.39, 0.29) is 11.8 Å². The molecule has 6 heteroatoms. The Kier molecular flexibility index (Phi) is 8.88. The Morgan fingerprint density at radius 1 is 1.11 bits per heavy atom. The summed E-state index contributed by atoms with van der Waals surface area (Å²) in [4.78, 5) is 28.0. The normalized spacial score (nSPS) is 11.5. The largest absolute Gasteiger partial charge is 0.497 e. The van der Waals surface area contributed by atoms with E-state index < -0.39 is 6.04 Å². The van der Waals surface area contributed by atoms with Crippen LogP contribution in [0.15, 0.2) is 59.5 Å². The highest BCUT2D eigenvalue weighted by molar-refractivity contribution is 7.99. The predicted molar refractivity (Wildman–Crippen MR) is 113 cm³/mol. The molecule has 28 heavy (non-hydrogen) atoms. The van der Waals surface area contributed by atoms with Crippen molar-refractivity contribution in [3.05, 3.63) is 60.2 Å². The van der Waals surface area contributed by atoms with Crippen LogP contribution in [0.5, 0.6) is 5.75 Å². The molecule has 0 aliphatic rings. The highest BCUT2D eigenvalue weighted by atomic mass is 32.2. The zero-order chi connectivity index (χ0) is 20.4. The minimum Gasteiger partial charge on any atom is -0.497 e. The lowest BCUT2D eigenvalue weighted by Crippen LogP contribution is -2.47. The molecule has 150 valence electrons. The standard InChI is InChI=1S/C22H28N2O3S/c1-4-23-22(26)17(2)24(16-18-10-12-19(27-3)13-11-18)21(25)14-15-28-20-8-6-5-7-9-20/h5-13,17H,4,14-16H2,1-3H3,(H,23,26). The Balaban J connectivity index is 2.04. The van der Waals surface area contributed by atoms with Crippen molar-refractivity contribution in [2.24, 2.45) is 0 Å². The van der Waals surface area contributed by atoms with Gasteiger partial charge in [-0.15, -0.1) is 11.8 Å². The molecular weight excluding hydrogens is 372 g/mol. The molecular formula is C22H28N2O3S. The summed E-state index contributed by atoms with van der Waals surface area (Å²) >= 11 is 1.64. The smallest absolute Gasteiger partial charge is 0.242 e. The molecule has 0 aliphatic carbocycles. The lowest BCUT2D eigenvalue weighted by Gasteiger charge is -2.28. The molecule has 0 spiro atoms. The Morgan fingerprint density at radius 3 is 2.39 bits per heavy atom. The molecule has 1 atom stereocenters. The number of amides is 2. The van der Waals surface area contributed by atoms with E-state index in [9.17, 15) is 9.59 Å². The fourth-order valence-corrected chi connectivity index (χ4v) is 3.61. The molecule has 0 bridgehead atoms. The van der Waals surface area contributed by atoms with E-state index in [1.807, 2.05) is 61.5 Å². The van der Waals surface area contributed by atoms with Crippen molar-refractivity contribution in [1.82, 2.24) is 10.2 Å². The number of thioether (sulfide) groups is 1. The zero-order valence-electron chi connectivity index (χ0n) is 16.7. The molecule has 0 fully saturated rings. The zero-order valence-corrected chi connectivity index (χ0v) is 17.5. The molecule has 2 rings (SSSR count). The molecule has 0 saturated heterocycles. The van der Waals surface area contributed by atoms with E-state index in [0.717, 1.165) is 16.2 Å². The van der Waals surface area contributed by atoms with Crippen LogP contribution in [-0.4, -0.2) is 42.2 Å². The topological polar surface area (TPSA) is 58.6 Å². The van der Waals surface area contributed by atoms with Gasteiger partial charge in [-0.2, -0.15) is 0 Å². The Bertz CT molecular complexity index is 750. The quantitative estimate of drug-likeness (QED) is 0.618. The maximum Gasteiger partial charge on any atom is 0.242 e. The van der Waals surface area contributed by atoms with Gasteiger partial charge in [-0.05, 0) is 43.7 Å². The van der Waals surface area contributed by atoms with E-state index in [2.05, 4.69) is 5.32 Å². The molecule has 2 aromatic carbocycles. The number of benzene rings is 2. The summed E-state index contributed by atoms with van der Waals surface area (Å²) in [6, 6.07) is 17.0. The van der Waals surface area contributed by atoms with Crippen molar-refractivity contribution < 1.29 is 14.3 Å². The summed E-state index contributed by atoms with van der Waals surface area (Å²) in [6.07, 6.45) is 0.374. The molecule has 0 radical (unpaired) electrons. The number of ether oxygens (including phenoxy) is 1. The van der Waals surface area contributed by atoms with Gasteiger partial charge in [0.05, 0.1) is 7.11 Å². The van der Waals surface area contributed by atoms with Crippen molar-refractivity contribution in [3.63, 3.8) is 0 Å².